The molecule has 0 saturated heterocycles. The van der Waals surface area contributed by atoms with Crippen LogP contribution in [0.2, 0.25) is 0 Å². The Labute approximate surface area is 233 Å². The topological polar surface area (TPSA) is 42.9 Å². The summed E-state index contributed by atoms with van der Waals surface area (Å²) in [6.07, 6.45) is 13.5. The Morgan fingerprint density at radius 1 is 0.757 bits per heavy atom. The molecule has 0 radical (unpaired) electrons. The Hall–Kier alpha value is -2.25. The van der Waals surface area contributed by atoms with Crippen LogP contribution in [-0.2, 0) is 27.7 Å². The molecule has 0 spiro atoms. The number of hydrogen-bond donors (Lipinski definition) is 0. The second-order valence-corrected chi connectivity index (χ2v) is 10.8. The minimum absolute atomic E-state index is 1.10. The third-order valence-corrected chi connectivity index (χ3v) is 7.40. The Morgan fingerprint density at radius 3 is 1.68 bits per heavy atom. The predicted molar refractivity (Wildman–Crippen MR) is 156 cm³/mol. The van der Waals surface area contributed by atoms with Crippen molar-refractivity contribution in [2.75, 3.05) is 27.2 Å². The first kappa shape index (κ1) is 32.8. The summed E-state index contributed by atoms with van der Waals surface area (Å²) in [5, 5.41) is 0. The summed E-state index contributed by atoms with van der Waals surface area (Å²) < 4.78 is 4.44. The van der Waals surface area contributed by atoms with Gasteiger partial charge in [0, 0.05) is 0 Å². The molecule has 2 aromatic rings. The van der Waals surface area contributed by atoms with Crippen molar-refractivity contribution in [1.82, 2.24) is 7.96 Å². The molecule has 0 aliphatic carbocycles. The van der Waals surface area contributed by atoms with Gasteiger partial charge in [0.1, 0.15) is 0 Å². The molecule has 0 N–H and O–H groups in total. The molecule has 0 aliphatic heterocycles. The Morgan fingerprint density at radius 2 is 1.24 bits per heavy atom. The number of allylic oxidation sites excluding steroid dienone is 2. The van der Waals surface area contributed by atoms with E-state index >= 15 is 0 Å². The van der Waals surface area contributed by atoms with Gasteiger partial charge >= 0.3 is 63.9 Å². The van der Waals surface area contributed by atoms with Gasteiger partial charge in [-0.3, -0.25) is 0 Å². The van der Waals surface area contributed by atoms with Crippen LogP contribution in [0.4, 0.5) is 0 Å². The van der Waals surface area contributed by atoms with Gasteiger partial charge in [-0.1, -0.05) is 88.1 Å². The van der Waals surface area contributed by atoms with E-state index in [-0.39, 0.29) is 0 Å². The van der Waals surface area contributed by atoms with Crippen LogP contribution in [0.25, 0.3) is 11.1 Å². The summed E-state index contributed by atoms with van der Waals surface area (Å²) in [6.45, 7) is 11.0. The van der Waals surface area contributed by atoms with Crippen molar-refractivity contribution in [1.29, 1.82) is 0 Å². The van der Waals surface area contributed by atoms with Crippen molar-refractivity contribution in [3.05, 3.63) is 88.5 Å². The first-order valence-electron chi connectivity index (χ1n) is 13.8. The van der Waals surface area contributed by atoms with E-state index in [4.69, 9.17) is 5.53 Å². The van der Waals surface area contributed by atoms with Crippen LogP contribution < -0.4 is 0 Å². The van der Waals surface area contributed by atoms with E-state index in [0.29, 0.717) is 0 Å². The number of benzene rings is 2. The summed E-state index contributed by atoms with van der Waals surface area (Å²) >= 11 is 1.59. The van der Waals surface area contributed by atoms with Gasteiger partial charge in [0.2, 0.25) is 0 Å². The second kappa shape index (κ2) is 20.8. The third kappa shape index (κ3) is 14.3. The van der Waals surface area contributed by atoms with Gasteiger partial charge in [-0.05, 0) is 59.6 Å². The van der Waals surface area contributed by atoms with Crippen molar-refractivity contribution in [2.45, 2.75) is 79.1 Å². The summed E-state index contributed by atoms with van der Waals surface area (Å²) in [6, 6.07) is 17.6. The maximum absolute atomic E-state index is 8.65. The number of rotatable bonds is 15. The molecule has 0 amide bonds. The summed E-state index contributed by atoms with van der Waals surface area (Å²) in [7, 11) is 4.21. The molecule has 0 atom stereocenters. The Balaban J connectivity index is 0.000000649. The van der Waals surface area contributed by atoms with E-state index in [2.05, 4.69) is 109 Å². The van der Waals surface area contributed by atoms with Crippen LogP contribution in [0.1, 0.15) is 88.5 Å². The monoisotopic (exact) mass is 546 g/mol. The van der Waals surface area contributed by atoms with E-state index < -0.39 is 0 Å². The average Bonchev–Trinajstić information content (AvgIpc) is 2.93. The molecule has 0 saturated carbocycles. The molecule has 206 valence electrons. The van der Waals surface area contributed by atoms with Crippen LogP contribution in [0, 0.1) is 0 Å². The summed E-state index contributed by atoms with van der Waals surface area (Å²) in [4.78, 5) is 2.96. The fourth-order valence-electron chi connectivity index (χ4n) is 3.63. The van der Waals surface area contributed by atoms with Gasteiger partial charge in [-0.2, -0.15) is 0 Å². The SMILES string of the molecule is CCCCCCc1ccc(C(=CC=C=[N+]=[N-])c2ccc(CCCC)cc2)cc1.CC[N](C)[Ni][N](C)CC. The molecule has 0 heterocycles. The van der Waals surface area contributed by atoms with Gasteiger partial charge in [-0.15, -0.1) is 4.79 Å². The zero-order valence-electron chi connectivity index (χ0n) is 23.9. The Bertz CT molecular complexity index is 961. The van der Waals surface area contributed by atoms with E-state index in [1.807, 2.05) is 6.08 Å². The zero-order valence-corrected chi connectivity index (χ0v) is 24.9. The molecule has 4 nitrogen and oxygen atoms in total. The molecule has 0 unspecified atom stereocenters. The maximum atomic E-state index is 8.65. The van der Waals surface area contributed by atoms with Crippen molar-refractivity contribution >= 4 is 11.4 Å². The predicted octanol–water partition coefficient (Wildman–Crippen LogP) is 7.84. The van der Waals surface area contributed by atoms with Gasteiger partial charge in [0.05, 0.1) is 6.08 Å². The van der Waals surface area contributed by atoms with Crippen molar-refractivity contribution in [3.63, 3.8) is 0 Å². The molecule has 0 aliphatic rings. The van der Waals surface area contributed by atoms with E-state index in [0.717, 1.165) is 42.6 Å². The van der Waals surface area contributed by atoms with E-state index in [1.165, 1.54) is 49.7 Å². The van der Waals surface area contributed by atoms with E-state index in [1.54, 1.807) is 20.9 Å². The van der Waals surface area contributed by atoms with E-state index in [9.17, 15) is 0 Å². The van der Waals surface area contributed by atoms with Crippen molar-refractivity contribution < 1.29 is 19.7 Å². The summed E-state index contributed by atoms with van der Waals surface area (Å²) in [5.74, 6) is 2.49. The first-order chi connectivity index (χ1) is 18.0. The molecule has 2 aromatic carbocycles. The molecular formula is C32H48N4Ni. The Kier molecular flexibility index (Phi) is 18.4. The van der Waals surface area contributed by atoms with Gasteiger partial charge < -0.3 is 5.53 Å². The van der Waals surface area contributed by atoms with Crippen LogP contribution in [0.5, 0.6) is 0 Å². The third-order valence-electron chi connectivity index (χ3n) is 6.10. The van der Waals surface area contributed by atoms with Gasteiger partial charge in [0.25, 0.3) is 5.87 Å². The normalized spacial score (nSPS) is 11.2. The fourth-order valence-corrected chi connectivity index (χ4v) is 4.48. The molecular weight excluding hydrogens is 499 g/mol. The average molecular weight is 547 g/mol. The minimum atomic E-state index is 1.10. The number of nitrogens with zero attached hydrogens (tertiary/aromatic N) is 4. The van der Waals surface area contributed by atoms with Crippen LogP contribution >= 0.6 is 0 Å². The van der Waals surface area contributed by atoms with Gasteiger partial charge in [0.15, 0.2) is 0 Å². The van der Waals surface area contributed by atoms with Crippen LogP contribution in [0.15, 0.2) is 60.7 Å². The van der Waals surface area contributed by atoms with Crippen molar-refractivity contribution in [2.24, 2.45) is 0 Å². The van der Waals surface area contributed by atoms with Crippen molar-refractivity contribution in [3.8, 4) is 0 Å². The quantitative estimate of drug-likeness (QED) is 0.0570. The first-order valence-corrected chi connectivity index (χ1v) is 14.7. The molecule has 0 bridgehead atoms. The molecule has 5 heteroatoms. The van der Waals surface area contributed by atoms with Gasteiger partial charge in [-0.25, -0.2) is 0 Å². The number of unbranched alkanes of at least 4 members (excludes halogenated alkanes) is 4. The standard InChI is InChI=1S/C26H32N2.2C3H8N.Ni/c1-3-5-7-8-11-23-15-19-25(20-16-23)26(12-9-21-28-27)24-17-13-22(14-18-24)10-6-4-2;2*1-3-4-2;/h9,12-20H,3-8,10-11H2,1-2H3;2*3H2,1-2H3;/q;2*-1;+2. The molecule has 2 rings (SSSR count). The van der Waals surface area contributed by atoms with Crippen LogP contribution in [0.3, 0.4) is 0 Å². The molecule has 37 heavy (non-hydrogen) atoms. The second-order valence-electron chi connectivity index (χ2n) is 9.10. The summed E-state index contributed by atoms with van der Waals surface area (Å²) in [5.41, 5.74) is 14.8. The molecule has 0 aromatic heterocycles. The zero-order chi connectivity index (χ0) is 27.3. The fraction of sp³-hybridized carbons (Fsp3) is 0.500. The number of aryl methyl sites for hydroxylation is 2. The number of hydrogen-bond acceptors (Lipinski definition) is 2. The molecule has 0 fully saturated rings. The van der Waals surface area contributed by atoms with Crippen LogP contribution in [-0.4, -0.2) is 45.8 Å².